The second-order valence-corrected chi connectivity index (χ2v) is 3.91. The van der Waals surface area contributed by atoms with Crippen molar-refractivity contribution < 1.29 is 13.9 Å². The summed E-state index contributed by atoms with van der Waals surface area (Å²) in [5.41, 5.74) is 1.29. The molecule has 0 amide bonds. The predicted molar refractivity (Wildman–Crippen MR) is 65.4 cm³/mol. The average Bonchev–Trinajstić information content (AvgIpc) is 2.41. The molecule has 0 aliphatic carbocycles. The van der Waals surface area contributed by atoms with E-state index in [1.165, 1.54) is 37.7 Å². The van der Waals surface area contributed by atoms with Crippen LogP contribution in [0, 0.1) is 12.7 Å². The minimum absolute atomic E-state index is 0.204. The van der Waals surface area contributed by atoms with Crippen LogP contribution in [0.15, 0.2) is 36.7 Å². The second kappa shape index (κ2) is 4.96. The summed E-state index contributed by atoms with van der Waals surface area (Å²) < 4.78 is 18.1. The van der Waals surface area contributed by atoms with Crippen molar-refractivity contribution in [2.24, 2.45) is 0 Å². The fraction of sp³-hybridized carbons (Fsp3) is 0.143. The first-order valence-electron chi connectivity index (χ1n) is 5.41. The van der Waals surface area contributed by atoms with Crippen LogP contribution in [0.5, 0.6) is 5.75 Å². The highest BCUT2D eigenvalue weighted by Crippen LogP contribution is 2.16. The number of hydrogen-bond donors (Lipinski definition) is 0. The first-order valence-corrected chi connectivity index (χ1v) is 5.41. The van der Waals surface area contributed by atoms with Crippen LogP contribution in [-0.2, 0) is 0 Å². The van der Waals surface area contributed by atoms with Crippen LogP contribution >= 0.6 is 0 Å². The zero-order valence-electron chi connectivity index (χ0n) is 10.1. The maximum atomic E-state index is 13.1. The zero-order valence-corrected chi connectivity index (χ0v) is 10.1. The summed E-state index contributed by atoms with van der Waals surface area (Å²) in [4.78, 5) is 16.1. The Kier molecular flexibility index (Phi) is 3.37. The molecule has 0 spiro atoms. The molecule has 4 heteroatoms. The minimum atomic E-state index is -0.324. The number of nitrogens with zero attached hydrogens (tertiary/aromatic N) is 1. The number of pyridine rings is 1. The lowest BCUT2D eigenvalue weighted by atomic mass is 10.0. The molecule has 0 N–H and O–H groups in total. The van der Waals surface area contributed by atoms with Gasteiger partial charge in [0, 0.05) is 17.3 Å². The van der Waals surface area contributed by atoms with Gasteiger partial charge in [-0.3, -0.25) is 9.78 Å². The molecule has 0 atom stereocenters. The quantitative estimate of drug-likeness (QED) is 0.780. The van der Waals surface area contributed by atoms with E-state index >= 15 is 0 Å². The van der Waals surface area contributed by atoms with E-state index in [-0.39, 0.29) is 11.6 Å². The van der Waals surface area contributed by atoms with E-state index in [1.54, 1.807) is 13.0 Å². The third-order valence-corrected chi connectivity index (χ3v) is 2.63. The fourth-order valence-corrected chi connectivity index (χ4v) is 1.61. The lowest BCUT2D eigenvalue weighted by Gasteiger charge is -2.04. The van der Waals surface area contributed by atoms with Crippen molar-refractivity contribution >= 4 is 5.78 Å². The molecule has 0 bridgehead atoms. The smallest absolute Gasteiger partial charge is 0.194 e. The Morgan fingerprint density at radius 2 is 2.00 bits per heavy atom. The molecule has 2 aromatic rings. The molecule has 1 aromatic carbocycles. The number of aromatic nitrogens is 1. The van der Waals surface area contributed by atoms with Crippen molar-refractivity contribution in [2.45, 2.75) is 6.92 Å². The molecule has 0 aliphatic rings. The van der Waals surface area contributed by atoms with E-state index in [9.17, 15) is 9.18 Å². The molecule has 0 radical (unpaired) electrons. The molecule has 18 heavy (non-hydrogen) atoms. The first-order chi connectivity index (χ1) is 8.61. The second-order valence-electron chi connectivity index (χ2n) is 3.91. The number of ether oxygens (including phenoxy) is 1. The number of rotatable bonds is 3. The fourth-order valence-electron chi connectivity index (χ4n) is 1.61. The van der Waals surface area contributed by atoms with Crippen LogP contribution in [0.4, 0.5) is 4.39 Å². The van der Waals surface area contributed by atoms with Crippen molar-refractivity contribution in [3.63, 3.8) is 0 Å². The van der Waals surface area contributed by atoms with Gasteiger partial charge in [0.2, 0.25) is 0 Å². The molecule has 0 saturated carbocycles. The van der Waals surface area contributed by atoms with Crippen molar-refractivity contribution in [3.05, 3.63) is 59.2 Å². The van der Waals surface area contributed by atoms with Gasteiger partial charge in [0.15, 0.2) is 5.78 Å². The number of halogens is 1. The number of methoxy groups -OCH3 is 1. The number of ketones is 1. The molecule has 0 saturated heterocycles. The average molecular weight is 245 g/mol. The van der Waals surface area contributed by atoms with Crippen molar-refractivity contribution in [1.82, 2.24) is 4.98 Å². The van der Waals surface area contributed by atoms with Crippen molar-refractivity contribution in [1.29, 1.82) is 0 Å². The molecule has 1 aromatic heterocycles. The summed E-state index contributed by atoms with van der Waals surface area (Å²) >= 11 is 0. The highest BCUT2D eigenvalue weighted by molar-refractivity contribution is 6.09. The molecule has 0 fully saturated rings. The number of carbonyl (C=O) groups excluding carboxylic acids is 1. The highest BCUT2D eigenvalue weighted by atomic mass is 19.1. The number of carbonyl (C=O) groups is 1. The predicted octanol–water partition coefficient (Wildman–Crippen LogP) is 2.77. The monoisotopic (exact) mass is 245 g/mol. The van der Waals surface area contributed by atoms with E-state index in [2.05, 4.69) is 4.98 Å². The number of hydrogen-bond acceptors (Lipinski definition) is 3. The summed E-state index contributed by atoms with van der Waals surface area (Å²) in [7, 11) is 1.51. The SMILES string of the molecule is COc1cncc(C(=O)c2ccc(F)c(C)c2)c1. The molecular formula is C14H12FNO2. The molecule has 92 valence electrons. The van der Waals surface area contributed by atoms with Gasteiger partial charge in [-0.1, -0.05) is 0 Å². The Bertz CT molecular complexity index is 596. The third kappa shape index (κ3) is 2.37. The Morgan fingerprint density at radius 1 is 1.22 bits per heavy atom. The molecule has 0 unspecified atom stereocenters. The van der Waals surface area contributed by atoms with Crippen LogP contribution in [0.3, 0.4) is 0 Å². The Labute approximate surface area is 104 Å². The highest BCUT2D eigenvalue weighted by Gasteiger charge is 2.11. The lowest BCUT2D eigenvalue weighted by molar-refractivity contribution is 0.103. The van der Waals surface area contributed by atoms with Crippen LogP contribution < -0.4 is 4.74 Å². The van der Waals surface area contributed by atoms with Gasteiger partial charge in [-0.25, -0.2) is 4.39 Å². The molecule has 1 heterocycles. The lowest BCUT2D eigenvalue weighted by Crippen LogP contribution is -2.03. The van der Waals surface area contributed by atoms with Crippen molar-refractivity contribution in [3.8, 4) is 5.75 Å². The Morgan fingerprint density at radius 3 is 2.67 bits per heavy atom. The van der Waals surface area contributed by atoms with Gasteiger partial charge >= 0.3 is 0 Å². The summed E-state index contributed by atoms with van der Waals surface area (Å²) in [5, 5.41) is 0. The Hall–Kier alpha value is -2.23. The van der Waals surface area contributed by atoms with E-state index < -0.39 is 0 Å². The van der Waals surface area contributed by atoms with Crippen LogP contribution in [0.1, 0.15) is 21.5 Å². The van der Waals surface area contributed by atoms with Gasteiger partial charge in [-0.15, -0.1) is 0 Å². The van der Waals surface area contributed by atoms with Gasteiger partial charge in [0.1, 0.15) is 11.6 Å². The number of aryl methyl sites for hydroxylation is 1. The largest absolute Gasteiger partial charge is 0.495 e. The normalized spacial score (nSPS) is 10.2. The van der Waals surface area contributed by atoms with E-state index in [0.717, 1.165) is 0 Å². The summed E-state index contributed by atoms with van der Waals surface area (Å²) in [6.45, 7) is 1.62. The summed E-state index contributed by atoms with van der Waals surface area (Å²) in [6.07, 6.45) is 2.98. The van der Waals surface area contributed by atoms with Gasteiger partial charge in [-0.2, -0.15) is 0 Å². The van der Waals surface area contributed by atoms with Crippen LogP contribution in [0.25, 0.3) is 0 Å². The zero-order chi connectivity index (χ0) is 13.1. The van der Waals surface area contributed by atoms with E-state index in [1.807, 2.05) is 0 Å². The maximum absolute atomic E-state index is 13.1. The summed E-state index contributed by atoms with van der Waals surface area (Å²) in [6, 6.07) is 5.88. The standard InChI is InChI=1S/C14H12FNO2/c1-9-5-10(3-4-13(9)15)14(17)11-6-12(18-2)8-16-7-11/h3-8H,1-2H3. The minimum Gasteiger partial charge on any atom is -0.495 e. The van der Waals surface area contributed by atoms with Crippen LogP contribution in [0.2, 0.25) is 0 Å². The van der Waals surface area contributed by atoms with Gasteiger partial charge in [-0.05, 0) is 36.8 Å². The first kappa shape index (κ1) is 12.2. The Balaban J connectivity index is 2.38. The van der Waals surface area contributed by atoms with Gasteiger partial charge in [0.25, 0.3) is 0 Å². The van der Waals surface area contributed by atoms with Gasteiger partial charge < -0.3 is 4.74 Å². The van der Waals surface area contributed by atoms with Crippen molar-refractivity contribution in [2.75, 3.05) is 7.11 Å². The maximum Gasteiger partial charge on any atom is 0.194 e. The molecule has 0 aliphatic heterocycles. The summed E-state index contributed by atoms with van der Waals surface area (Å²) in [5.74, 6) is -0.0144. The van der Waals surface area contributed by atoms with Crippen LogP contribution in [-0.4, -0.2) is 17.9 Å². The topological polar surface area (TPSA) is 39.2 Å². The van der Waals surface area contributed by atoms with E-state index in [4.69, 9.17) is 4.74 Å². The molecule has 2 rings (SSSR count). The number of benzene rings is 1. The van der Waals surface area contributed by atoms with E-state index in [0.29, 0.717) is 22.4 Å². The molecular weight excluding hydrogens is 233 g/mol. The molecule has 3 nitrogen and oxygen atoms in total. The van der Waals surface area contributed by atoms with Gasteiger partial charge in [0.05, 0.1) is 13.3 Å². The third-order valence-electron chi connectivity index (χ3n) is 2.63.